The molecule has 2 aromatic rings. The van der Waals surface area contributed by atoms with Crippen LogP contribution in [0.5, 0.6) is 0 Å². The van der Waals surface area contributed by atoms with E-state index in [9.17, 15) is 9.50 Å². The van der Waals surface area contributed by atoms with Gasteiger partial charge in [-0.2, -0.15) is 0 Å². The van der Waals surface area contributed by atoms with E-state index in [1.807, 2.05) is 24.3 Å². The van der Waals surface area contributed by atoms with Crippen molar-refractivity contribution >= 4 is 0 Å². The molecule has 0 radical (unpaired) electrons. The van der Waals surface area contributed by atoms with Crippen LogP contribution in [0, 0.1) is 5.82 Å². The van der Waals surface area contributed by atoms with Crippen molar-refractivity contribution < 1.29 is 9.50 Å². The summed E-state index contributed by atoms with van der Waals surface area (Å²) < 4.78 is 13.5. The van der Waals surface area contributed by atoms with E-state index < -0.39 is 6.10 Å². The van der Waals surface area contributed by atoms with Crippen LogP contribution in [0.3, 0.4) is 0 Å². The average molecular weight is 244 g/mol. The molecule has 0 aliphatic rings. The van der Waals surface area contributed by atoms with Gasteiger partial charge in [0.05, 0.1) is 6.10 Å². The minimum atomic E-state index is -0.793. The van der Waals surface area contributed by atoms with Crippen LogP contribution in [0.1, 0.15) is 29.7 Å². The Hall–Kier alpha value is -1.67. The maximum absolute atomic E-state index is 13.5. The summed E-state index contributed by atoms with van der Waals surface area (Å²) in [5.41, 5.74) is 2.64. The highest BCUT2D eigenvalue weighted by molar-refractivity contribution is 5.26. The van der Waals surface area contributed by atoms with Crippen molar-refractivity contribution in [3.05, 3.63) is 71.0 Å². The monoisotopic (exact) mass is 244 g/mol. The zero-order chi connectivity index (χ0) is 13.0. The number of rotatable bonds is 4. The number of benzene rings is 2. The van der Waals surface area contributed by atoms with E-state index in [4.69, 9.17) is 0 Å². The molecule has 1 unspecified atom stereocenters. The van der Waals surface area contributed by atoms with Crippen LogP contribution in [0.15, 0.2) is 48.5 Å². The van der Waals surface area contributed by atoms with Gasteiger partial charge in [0, 0.05) is 12.0 Å². The van der Waals surface area contributed by atoms with Gasteiger partial charge in [-0.1, -0.05) is 49.4 Å². The maximum atomic E-state index is 13.5. The van der Waals surface area contributed by atoms with Gasteiger partial charge >= 0.3 is 0 Å². The molecule has 1 atom stereocenters. The van der Waals surface area contributed by atoms with Crippen molar-refractivity contribution in [1.29, 1.82) is 0 Å². The molecule has 94 valence electrons. The summed E-state index contributed by atoms with van der Waals surface area (Å²) in [5.74, 6) is -0.352. The molecule has 1 N–H and O–H groups in total. The number of halogens is 1. The molecule has 0 aromatic heterocycles. The van der Waals surface area contributed by atoms with Crippen LogP contribution in [0.4, 0.5) is 4.39 Å². The number of aryl methyl sites for hydroxylation is 1. The minimum absolute atomic E-state index is 0.352. The largest absolute Gasteiger partial charge is 0.388 e. The smallest absolute Gasteiger partial charge is 0.129 e. The Labute approximate surface area is 107 Å². The second-order valence-electron chi connectivity index (χ2n) is 4.41. The second-order valence-corrected chi connectivity index (χ2v) is 4.41. The fourth-order valence-corrected chi connectivity index (χ4v) is 1.99. The molecule has 2 heteroatoms. The van der Waals surface area contributed by atoms with Gasteiger partial charge in [-0.05, 0) is 23.6 Å². The van der Waals surface area contributed by atoms with Crippen molar-refractivity contribution in [2.24, 2.45) is 0 Å². The third-order valence-electron chi connectivity index (χ3n) is 3.12. The lowest BCUT2D eigenvalue weighted by Crippen LogP contribution is -2.04. The van der Waals surface area contributed by atoms with E-state index in [0.29, 0.717) is 12.0 Å². The fourth-order valence-electron chi connectivity index (χ4n) is 1.99. The molecule has 0 aliphatic heterocycles. The number of hydrogen-bond donors (Lipinski definition) is 1. The first-order chi connectivity index (χ1) is 8.70. The number of hydrogen-bond acceptors (Lipinski definition) is 1. The Morgan fingerprint density at radius 3 is 2.22 bits per heavy atom. The zero-order valence-electron chi connectivity index (χ0n) is 10.4. The summed E-state index contributed by atoms with van der Waals surface area (Å²) in [7, 11) is 0. The lowest BCUT2D eigenvalue weighted by molar-refractivity contribution is 0.173. The molecule has 0 amide bonds. The highest BCUT2D eigenvalue weighted by atomic mass is 19.1. The van der Waals surface area contributed by atoms with Crippen LogP contribution >= 0.6 is 0 Å². The van der Waals surface area contributed by atoms with Crippen molar-refractivity contribution in [2.75, 3.05) is 0 Å². The van der Waals surface area contributed by atoms with E-state index in [-0.39, 0.29) is 5.82 Å². The molecular formula is C16H17FO. The summed E-state index contributed by atoms with van der Waals surface area (Å²) in [6, 6.07) is 14.4. The highest BCUT2D eigenvalue weighted by Gasteiger charge is 2.12. The molecule has 0 fully saturated rings. The van der Waals surface area contributed by atoms with Crippen molar-refractivity contribution in [1.82, 2.24) is 0 Å². The Bertz CT molecular complexity index is 505. The second kappa shape index (κ2) is 5.78. The molecule has 0 spiro atoms. The summed E-state index contributed by atoms with van der Waals surface area (Å²) in [5, 5.41) is 10.0. The molecule has 0 saturated carbocycles. The molecule has 0 aliphatic carbocycles. The Morgan fingerprint density at radius 2 is 1.61 bits per heavy atom. The predicted molar refractivity (Wildman–Crippen MR) is 70.9 cm³/mol. The first kappa shape index (κ1) is 12.8. The topological polar surface area (TPSA) is 20.2 Å². The van der Waals surface area contributed by atoms with Gasteiger partial charge in [0.1, 0.15) is 5.82 Å². The SMILES string of the molecule is CCc1ccc(CC(O)c2ccccc2F)cc1. The Balaban J connectivity index is 2.11. The summed E-state index contributed by atoms with van der Waals surface area (Å²) in [6.07, 6.45) is 0.639. The van der Waals surface area contributed by atoms with Crippen molar-refractivity contribution in [3.8, 4) is 0 Å². The van der Waals surface area contributed by atoms with Crippen LogP contribution < -0.4 is 0 Å². The first-order valence-corrected chi connectivity index (χ1v) is 6.21. The molecule has 2 rings (SSSR count). The number of aliphatic hydroxyl groups excluding tert-OH is 1. The highest BCUT2D eigenvalue weighted by Crippen LogP contribution is 2.21. The van der Waals surface area contributed by atoms with Gasteiger partial charge in [0.2, 0.25) is 0 Å². The van der Waals surface area contributed by atoms with Gasteiger partial charge in [-0.3, -0.25) is 0 Å². The van der Waals surface area contributed by atoms with Gasteiger partial charge in [-0.15, -0.1) is 0 Å². The van der Waals surface area contributed by atoms with Gasteiger partial charge in [0.15, 0.2) is 0 Å². The van der Waals surface area contributed by atoms with Crippen LogP contribution in [-0.4, -0.2) is 5.11 Å². The van der Waals surface area contributed by atoms with E-state index >= 15 is 0 Å². The summed E-state index contributed by atoms with van der Waals surface area (Å²) in [4.78, 5) is 0. The standard InChI is InChI=1S/C16H17FO/c1-2-12-7-9-13(10-8-12)11-16(18)14-5-3-4-6-15(14)17/h3-10,16,18H,2,11H2,1H3. The Kier molecular flexibility index (Phi) is 4.11. The fraction of sp³-hybridized carbons (Fsp3) is 0.250. The third-order valence-corrected chi connectivity index (χ3v) is 3.12. The molecule has 18 heavy (non-hydrogen) atoms. The van der Waals surface area contributed by atoms with Crippen LogP contribution in [0.25, 0.3) is 0 Å². The Morgan fingerprint density at radius 1 is 1.00 bits per heavy atom. The van der Waals surface area contributed by atoms with Gasteiger partial charge in [0.25, 0.3) is 0 Å². The average Bonchev–Trinajstić information content (AvgIpc) is 2.40. The minimum Gasteiger partial charge on any atom is -0.388 e. The van der Waals surface area contributed by atoms with Crippen LogP contribution in [0.2, 0.25) is 0 Å². The first-order valence-electron chi connectivity index (χ1n) is 6.21. The van der Waals surface area contributed by atoms with Gasteiger partial charge in [-0.25, -0.2) is 4.39 Å². The maximum Gasteiger partial charge on any atom is 0.129 e. The molecular weight excluding hydrogens is 227 g/mol. The predicted octanol–water partition coefficient (Wildman–Crippen LogP) is 3.66. The lowest BCUT2D eigenvalue weighted by Gasteiger charge is -2.12. The lowest BCUT2D eigenvalue weighted by atomic mass is 10.00. The molecule has 0 heterocycles. The van der Waals surface area contributed by atoms with Crippen LogP contribution in [-0.2, 0) is 12.8 Å². The van der Waals surface area contributed by atoms with Gasteiger partial charge < -0.3 is 5.11 Å². The van der Waals surface area contributed by atoms with E-state index in [1.165, 1.54) is 11.6 Å². The van der Waals surface area contributed by atoms with Crippen molar-refractivity contribution in [3.63, 3.8) is 0 Å². The summed E-state index contributed by atoms with van der Waals surface area (Å²) >= 11 is 0. The summed E-state index contributed by atoms with van der Waals surface area (Å²) in [6.45, 7) is 2.10. The molecule has 0 saturated heterocycles. The quantitative estimate of drug-likeness (QED) is 0.870. The van der Waals surface area contributed by atoms with Crippen molar-refractivity contribution in [2.45, 2.75) is 25.9 Å². The third kappa shape index (κ3) is 2.96. The molecule has 0 bridgehead atoms. The van der Waals surface area contributed by atoms with E-state index in [2.05, 4.69) is 6.92 Å². The number of aliphatic hydroxyl groups is 1. The van der Waals surface area contributed by atoms with E-state index in [1.54, 1.807) is 18.2 Å². The van der Waals surface area contributed by atoms with E-state index in [0.717, 1.165) is 12.0 Å². The molecule has 1 nitrogen and oxygen atoms in total. The normalized spacial score (nSPS) is 12.4. The molecule has 2 aromatic carbocycles. The zero-order valence-corrected chi connectivity index (χ0v) is 10.4.